The Bertz CT molecular complexity index is 1120. The van der Waals surface area contributed by atoms with Gasteiger partial charge in [0.05, 0.1) is 0 Å². The fourth-order valence-electron chi connectivity index (χ4n) is 3.07. The van der Waals surface area contributed by atoms with Gasteiger partial charge in [-0.1, -0.05) is 51.1 Å². The van der Waals surface area contributed by atoms with E-state index in [-0.39, 0.29) is 11.4 Å². The van der Waals surface area contributed by atoms with E-state index in [1.54, 1.807) is 0 Å². The number of rotatable bonds is 3. The number of oxazole rings is 1. The number of benzene rings is 3. The van der Waals surface area contributed by atoms with Gasteiger partial charge in [0.25, 0.3) is 0 Å². The van der Waals surface area contributed by atoms with Gasteiger partial charge in [0.1, 0.15) is 5.52 Å². The van der Waals surface area contributed by atoms with Crippen LogP contribution in [0.5, 0.6) is 0 Å². The molecule has 0 saturated carbocycles. The van der Waals surface area contributed by atoms with E-state index in [2.05, 4.69) is 36.4 Å². The van der Waals surface area contributed by atoms with Gasteiger partial charge in [0.2, 0.25) is 5.89 Å². The molecular weight excluding hydrogens is 362 g/mol. The lowest BCUT2D eigenvalue weighted by Crippen LogP contribution is -2.19. The van der Waals surface area contributed by atoms with E-state index in [0.717, 1.165) is 22.4 Å². The minimum atomic E-state index is -0.303. The van der Waals surface area contributed by atoms with Crippen LogP contribution in [0.1, 0.15) is 26.3 Å². The molecule has 2 N–H and O–H groups in total. The zero-order valence-electron chi connectivity index (χ0n) is 16.7. The van der Waals surface area contributed by atoms with Crippen LogP contribution in [-0.2, 0) is 5.41 Å². The van der Waals surface area contributed by atoms with Crippen molar-refractivity contribution in [3.05, 3.63) is 78.4 Å². The lowest BCUT2D eigenvalue weighted by molar-refractivity contribution is 0.262. The summed E-state index contributed by atoms with van der Waals surface area (Å²) >= 11 is 0. The minimum absolute atomic E-state index is 0.0753. The summed E-state index contributed by atoms with van der Waals surface area (Å²) in [5.74, 6) is 0.521. The third-order valence-corrected chi connectivity index (χ3v) is 4.67. The maximum absolute atomic E-state index is 12.4. The summed E-state index contributed by atoms with van der Waals surface area (Å²) in [5.41, 5.74) is 5.03. The molecule has 29 heavy (non-hydrogen) atoms. The summed E-state index contributed by atoms with van der Waals surface area (Å²) < 4.78 is 5.81. The minimum Gasteiger partial charge on any atom is -0.436 e. The van der Waals surface area contributed by atoms with Crippen molar-refractivity contribution in [2.75, 3.05) is 10.6 Å². The molecule has 0 aliphatic heterocycles. The Morgan fingerprint density at radius 1 is 0.862 bits per heavy atom. The second kappa shape index (κ2) is 7.43. The van der Waals surface area contributed by atoms with Crippen molar-refractivity contribution in [1.29, 1.82) is 0 Å². The van der Waals surface area contributed by atoms with E-state index in [9.17, 15) is 4.79 Å². The fraction of sp³-hybridized carbons (Fsp3) is 0.167. The second-order valence-corrected chi connectivity index (χ2v) is 7.97. The number of aromatic nitrogens is 1. The maximum atomic E-state index is 12.4. The third-order valence-electron chi connectivity index (χ3n) is 4.67. The number of hydrogen-bond donors (Lipinski definition) is 2. The predicted molar refractivity (Wildman–Crippen MR) is 117 cm³/mol. The van der Waals surface area contributed by atoms with Gasteiger partial charge in [0.15, 0.2) is 5.58 Å². The van der Waals surface area contributed by atoms with Crippen LogP contribution in [0, 0.1) is 0 Å². The van der Waals surface area contributed by atoms with Crippen molar-refractivity contribution in [2.45, 2.75) is 26.2 Å². The first kappa shape index (κ1) is 18.7. The quantitative estimate of drug-likeness (QED) is 0.427. The van der Waals surface area contributed by atoms with Crippen molar-refractivity contribution in [3.63, 3.8) is 0 Å². The number of fused-ring (bicyclic) bond motifs is 1. The van der Waals surface area contributed by atoms with Gasteiger partial charge in [-0.25, -0.2) is 9.78 Å². The first-order chi connectivity index (χ1) is 13.9. The molecule has 4 aromatic rings. The zero-order valence-corrected chi connectivity index (χ0v) is 16.7. The molecule has 0 bridgehead atoms. The lowest BCUT2D eigenvalue weighted by Gasteiger charge is -2.19. The summed E-state index contributed by atoms with van der Waals surface area (Å²) in [4.78, 5) is 16.9. The van der Waals surface area contributed by atoms with Crippen molar-refractivity contribution in [3.8, 4) is 11.5 Å². The number of nitrogens with zero attached hydrogens (tertiary/aromatic N) is 1. The molecule has 0 unspecified atom stereocenters. The molecule has 2 amide bonds. The van der Waals surface area contributed by atoms with Crippen LogP contribution in [0.3, 0.4) is 0 Å². The van der Waals surface area contributed by atoms with Gasteiger partial charge in [0, 0.05) is 16.9 Å². The van der Waals surface area contributed by atoms with Crippen molar-refractivity contribution >= 4 is 28.5 Å². The number of hydrogen-bond acceptors (Lipinski definition) is 3. The molecule has 0 radical (unpaired) electrons. The van der Waals surface area contributed by atoms with Crippen LogP contribution in [0.15, 0.2) is 77.2 Å². The van der Waals surface area contributed by atoms with Crippen LogP contribution < -0.4 is 10.6 Å². The van der Waals surface area contributed by atoms with E-state index in [0.29, 0.717) is 11.6 Å². The van der Waals surface area contributed by atoms with E-state index >= 15 is 0 Å². The average molecular weight is 385 g/mol. The molecule has 0 aliphatic rings. The van der Waals surface area contributed by atoms with E-state index < -0.39 is 0 Å². The van der Waals surface area contributed by atoms with Crippen molar-refractivity contribution in [2.24, 2.45) is 0 Å². The highest BCUT2D eigenvalue weighted by atomic mass is 16.3. The molecule has 3 aromatic carbocycles. The van der Waals surface area contributed by atoms with E-state index in [1.807, 2.05) is 72.8 Å². The molecule has 0 fully saturated rings. The number of para-hydroxylation sites is 2. The highest BCUT2D eigenvalue weighted by Crippen LogP contribution is 2.26. The lowest BCUT2D eigenvalue weighted by atomic mass is 9.87. The summed E-state index contributed by atoms with van der Waals surface area (Å²) in [7, 11) is 0. The molecule has 1 heterocycles. The standard InChI is InChI=1S/C24H23N3O2/c1-24(2,3)17-11-13-18(14-12-17)25-23(28)26-19-8-6-7-16(15-19)22-27-20-9-4-5-10-21(20)29-22/h4-15H,1-3H3,(H2,25,26,28). The van der Waals surface area contributed by atoms with Crippen LogP contribution >= 0.6 is 0 Å². The van der Waals surface area contributed by atoms with Crippen LogP contribution in [0.4, 0.5) is 16.2 Å². The first-order valence-corrected chi connectivity index (χ1v) is 9.53. The Kier molecular flexibility index (Phi) is 4.80. The number of urea groups is 1. The van der Waals surface area contributed by atoms with Gasteiger partial charge < -0.3 is 15.1 Å². The average Bonchev–Trinajstić information content (AvgIpc) is 3.12. The molecule has 0 aliphatic carbocycles. The Morgan fingerprint density at radius 3 is 2.31 bits per heavy atom. The van der Waals surface area contributed by atoms with Crippen molar-refractivity contribution in [1.82, 2.24) is 4.98 Å². The second-order valence-electron chi connectivity index (χ2n) is 7.97. The van der Waals surface area contributed by atoms with E-state index in [4.69, 9.17) is 4.42 Å². The largest absolute Gasteiger partial charge is 0.436 e. The van der Waals surface area contributed by atoms with Crippen molar-refractivity contribution < 1.29 is 9.21 Å². The molecule has 5 nitrogen and oxygen atoms in total. The van der Waals surface area contributed by atoms with Gasteiger partial charge in [-0.2, -0.15) is 0 Å². The highest BCUT2D eigenvalue weighted by Gasteiger charge is 2.13. The number of carbonyl (C=O) groups is 1. The highest BCUT2D eigenvalue weighted by molar-refractivity contribution is 6.00. The Balaban J connectivity index is 1.47. The SMILES string of the molecule is CC(C)(C)c1ccc(NC(=O)Nc2cccc(-c3nc4ccccc4o3)c2)cc1. The van der Waals surface area contributed by atoms with Crippen LogP contribution in [-0.4, -0.2) is 11.0 Å². The zero-order chi connectivity index (χ0) is 20.4. The molecule has 146 valence electrons. The van der Waals surface area contributed by atoms with Gasteiger partial charge in [-0.3, -0.25) is 0 Å². The Hall–Kier alpha value is -3.60. The monoisotopic (exact) mass is 385 g/mol. The van der Waals surface area contributed by atoms with Crippen LogP contribution in [0.2, 0.25) is 0 Å². The van der Waals surface area contributed by atoms with E-state index in [1.165, 1.54) is 5.56 Å². The number of anilines is 2. The summed E-state index contributed by atoms with van der Waals surface area (Å²) in [5, 5.41) is 5.72. The van der Waals surface area contributed by atoms with Gasteiger partial charge >= 0.3 is 6.03 Å². The molecular formula is C24H23N3O2. The fourth-order valence-corrected chi connectivity index (χ4v) is 3.07. The van der Waals surface area contributed by atoms with Gasteiger partial charge in [-0.15, -0.1) is 0 Å². The molecule has 0 atom stereocenters. The summed E-state index contributed by atoms with van der Waals surface area (Å²) in [6.45, 7) is 6.48. The number of nitrogens with one attached hydrogen (secondary N) is 2. The number of carbonyl (C=O) groups excluding carboxylic acids is 1. The normalized spacial score (nSPS) is 11.4. The molecule has 5 heteroatoms. The summed E-state index contributed by atoms with van der Waals surface area (Å²) in [6.07, 6.45) is 0. The maximum Gasteiger partial charge on any atom is 0.323 e. The predicted octanol–water partition coefficient (Wildman–Crippen LogP) is 6.44. The molecule has 4 rings (SSSR count). The topological polar surface area (TPSA) is 67.2 Å². The first-order valence-electron chi connectivity index (χ1n) is 9.53. The third kappa shape index (κ3) is 4.29. The molecule has 0 saturated heterocycles. The Labute approximate surface area is 169 Å². The van der Waals surface area contributed by atoms with Gasteiger partial charge in [-0.05, 0) is 53.4 Å². The molecule has 1 aromatic heterocycles. The van der Waals surface area contributed by atoms with Crippen LogP contribution in [0.25, 0.3) is 22.6 Å². The smallest absolute Gasteiger partial charge is 0.323 e. The summed E-state index contributed by atoms with van der Waals surface area (Å²) in [6, 6.07) is 22.6. The number of amides is 2. The Morgan fingerprint density at radius 2 is 1.59 bits per heavy atom. The molecule has 0 spiro atoms.